The van der Waals surface area contributed by atoms with Gasteiger partial charge in [-0.15, -0.1) is 0 Å². The standard InChI is InChI=1S/C20H18O5/c1-12-7-9-13(10-8-12)16(21)19-11-20(19,18(23)24-2)25-15-6-4-3-5-14(15)17(19)22/h3-10,17,22H,11H2,1-2H3/t17-,19+,20+/m1/s1. The molecule has 1 N–H and O–H groups in total. The number of fused-ring (bicyclic) bond motifs is 2. The molecule has 0 radical (unpaired) electrons. The second-order valence-electron chi connectivity index (χ2n) is 6.70. The highest BCUT2D eigenvalue weighted by Gasteiger charge is 2.84. The molecule has 1 aliphatic carbocycles. The zero-order valence-electron chi connectivity index (χ0n) is 14.0. The number of aliphatic hydroxyl groups excluding tert-OH is 1. The number of methoxy groups -OCH3 is 1. The van der Waals surface area contributed by atoms with Crippen molar-refractivity contribution < 1.29 is 24.2 Å². The molecule has 1 heterocycles. The Bertz CT molecular complexity index is 872. The highest BCUT2D eigenvalue weighted by molar-refractivity contribution is 6.10. The van der Waals surface area contributed by atoms with E-state index in [4.69, 9.17) is 9.47 Å². The van der Waals surface area contributed by atoms with Gasteiger partial charge in [-0.3, -0.25) is 4.79 Å². The van der Waals surface area contributed by atoms with E-state index in [0.29, 0.717) is 16.9 Å². The number of ketones is 1. The molecule has 2 aromatic carbocycles. The fourth-order valence-corrected chi connectivity index (χ4v) is 3.86. The molecule has 0 aromatic heterocycles. The Morgan fingerprint density at radius 1 is 1.16 bits per heavy atom. The fourth-order valence-electron chi connectivity index (χ4n) is 3.86. The van der Waals surface area contributed by atoms with E-state index < -0.39 is 23.1 Å². The summed E-state index contributed by atoms with van der Waals surface area (Å²) in [5.74, 6) is -0.536. The predicted molar refractivity (Wildman–Crippen MR) is 89.3 cm³/mol. The number of carbonyl (C=O) groups is 2. The highest BCUT2D eigenvalue weighted by Crippen LogP contribution is 2.70. The zero-order valence-corrected chi connectivity index (χ0v) is 14.0. The van der Waals surface area contributed by atoms with Crippen molar-refractivity contribution in [1.29, 1.82) is 0 Å². The van der Waals surface area contributed by atoms with Crippen LogP contribution in [-0.2, 0) is 9.53 Å². The minimum Gasteiger partial charge on any atom is -0.474 e. The average Bonchev–Trinajstić information content (AvgIpc) is 3.33. The molecule has 0 bridgehead atoms. The van der Waals surface area contributed by atoms with Crippen LogP contribution in [0.4, 0.5) is 0 Å². The number of para-hydroxylation sites is 1. The lowest BCUT2D eigenvalue weighted by Gasteiger charge is -2.34. The Hall–Kier alpha value is -2.66. The lowest BCUT2D eigenvalue weighted by Crippen LogP contribution is -2.46. The largest absolute Gasteiger partial charge is 0.474 e. The average molecular weight is 338 g/mol. The zero-order chi connectivity index (χ0) is 17.8. The van der Waals surface area contributed by atoms with Gasteiger partial charge in [0.25, 0.3) is 0 Å². The molecule has 1 fully saturated rings. The van der Waals surface area contributed by atoms with E-state index in [2.05, 4.69) is 0 Å². The van der Waals surface area contributed by atoms with E-state index in [-0.39, 0.29) is 12.2 Å². The lowest BCUT2D eigenvalue weighted by molar-refractivity contribution is -0.155. The first-order chi connectivity index (χ1) is 12.0. The molecule has 4 rings (SSSR count). The Balaban J connectivity index is 1.85. The van der Waals surface area contributed by atoms with Crippen molar-refractivity contribution in [1.82, 2.24) is 0 Å². The monoisotopic (exact) mass is 338 g/mol. The molecule has 0 saturated heterocycles. The van der Waals surface area contributed by atoms with Crippen molar-refractivity contribution in [2.45, 2.75) is 25.0 Å². The van der Waals surface area contributed by atoms with Crippen molar-refractivity contribution in [2.24, 2.45) is 5.41 Å². The van der Waals surface area contributed by atoms with Crippen LogP contribution in [-0.4, -0.2) is 29.6 Å². The van der Waals surface area contributed by atoms with Gasteiger partial charge in [0.1, 0.15) is 17.3 Å². The molecule has 3 atom stereocenters. The number of aliphatic hydroxyl groups is 1. The van der Waals surface area contributed by atoms with Crippen molar-refractivity contribution >= 4 is 11.8 Å². The van der Waals surface area contributed by atoms with Crippen LogP contribution in [0.2, 0.25) is 0 Å². The van der Waals surface area contributed by atoms with Gasteiger partial charge in [0, 0.05) is 17.5 Å². The number of benzene rings is 2. The molecule has 5 heteroatoms. The van der Waals surface area contributed by atoms with Crippen LogP contribution >= 0.6 is 0 Å². The third kappa shape index (κ3) is 1.93. The van der Waals surface area contributed by atoms with E-state index >= 15 is 0 Å². The molecule has 0 unspecified atom stereocenters. The molecule has 2 aromatic rings. The smallest absolute Gasteiger partial charge is 0.351 e. The number of hydrogen-bond donors (Lipinski definition) is 1. The number of carbonyl (C=O) groups excluding carboxylic acids is 2. The SMILES string of the molecule is COC(=O)[C@@]12C[C@]1(C(=O)c1ccc(C)cc1)[C@H](O)c1ccccc1O2. The molecule has 0 amide bonds. The molecule has 0 spiro atoms. The maximum atomic E-state index is 13.3. The van der Waals surface area contributed by atoms with Gasteiger partial charge in [-0.1, -0.05) is 48.0 Å². The van der Waals surface area contributed by atoms with E-state index in [1.165, 1.54) is 7.11 Å². The summed E-state index contributed by atoms with van der Waals surface area (Å²) in [6, 6.07) is 14.0. The minimum absolute atomic E-state index is 0.0925. The van der Waals surface area contributed by atoms with Crippen molar-refractivity contribution in [2.75, 3.05) is 7.11 Å². The van der Waals surface area contributed by atoms with Gasteiger partial charge in [0.15, 0.2) is 5.78 Å². The Kier molecular flexibility index (Phi) is 3.27. The van der Waals surface area contributed by atoms with Crippen LogP contribution in [0.25, 0.3) is 0 Å². The summed E-state index contributed by atoms with van der Waals surface area (Å²) in [7, 11) is 1.26. The maximum Gasteiger partial charge on any atom is 0.351 e. The normalized spacial score (nSPS) is 29.0. The first-order valence-corrected chi connectivity index (χ1v) is 8.12. The molecular weight excluding hydrogens is 320 g/mol. The number of Topliss-reactive ketones (excluding diaryl/α,β-unsaturated/α-hetero) is 1. The molecule has 1 aliphatic heterocycles. The fraction of sp³-hybridized carbons (Fsp3) is 0.300. The van der Waals surface area contributed by atoms with E-state index in [9.17, 15) is 14.7 Å². The second-order valence-corrected chi connectivity index (χ2v) is 6.70. The van der Waals surface area contributed by atoms with Gasteiger partial charge in [-0.25, -0.2) is 4.79 Å². The molecule has 5 nitrogen and oxygen atoms in total. The summed E-state index contributed by atoms with van der Waals surface area (Å²) in [6.45, 7) is 1.93. The van der Waals surface area contributed by atoms with Crippen LogP contribution in [0.1, 0.15) is 34.0 Å². The van der Waals surface area contributed by atoms with Crippen LogP contribution < -0.4 is 4.74 Å². The van der Waals surface area contributed by atoms with Crippen LogP contribution in [0.15, 0.2) is 48.5 Å². The van der Waals surface area contributed by atoms with Gasteiger partial charge in [0.2, 0.25) is 5.60 Å². The van der Waals surface area contributed by atoms with Crippen LogP contribution in [0, 0.1) is 12.3 Å². The van der Waals surface area contributed by atoms with Crippen LogP contribution in [0.3, 0.4) is 0 Å². The van der Waals surface area contributed by atoms with Gasteiger partial charge in [-0.2, -0.15) is 0 Å². The highest BCUT2D eigenvalue weighted by atomic mass is 16.6. The van der Waals surface area contributed by atoms with Crippen molar-refractivity contribution in [3.63, 3.8) is 0 Å². The number of ether oxygens (including phenoxy) is 2. The third-order valence-corrected chi connectivity index (χ3v) is 5.32. The van der Waals surface area contributed by atoms with Crippen LogP contribution in [0.5, 0.6) is 5.75 Å². The first kappa shape index (κ1) is 15.8. The Morgan fingerprint density at radius 2 is 1.84 bits per heavy atom. The predicted octanol–water partition coefficient (Wildman–Crippen LogP) is 2.61. The summed E-state index contributed by atoms with van der Waals surface area (Å²) in [5, 5.41) is 11.0. The third-order valence-electron chi connectivity index (χ3n) is 5.32. The molecule has 1 saturated carbocycles. The molecule has 2 aliphatic rings. The van der Waals surface area contributed by atoms with Crippen molar-refractivity contribution in [3.8, 4) is 5.75 Å². The minimum atomic E-state index is -1.47. The lowest BCUT2D eigenvalue weighted by atomic mass is 9.80. The molecule has 128 valence electrons. The van der Waals surface area contributed by atoms with Gasteiger partial charge in [-0.05, 0) is 13.0 Å². The summed E-state index contributed by atoms with van der Waals surface area (Å²) < 4.78 is 10.8. The molecular formula is C20H18O5. The van der Waals surface area contributed by atoms with Crippen molar-refractivity contribution in [3.05, 3.63) is 65.2 Å². The number of rotatable bonds is 3. The quantitative estimate of drug-likeness (QED) is 0.688. The topological polar surface area (TPSA) is 72.8 Å². The number of esters is 1. The van der Waals surface area contributed by atoms with E-state index in [0.717, 1.165) is 5.56 Å². The summed E-state index contributed by atoms with van der Waals surface area (Å²) in [5.41, 5.74) is -0.852. The first-order valence-electron chi connectivity index (χ1n) is 8.12. The summed E-state index contributed by atoms with van der Waals surface area (Å²) >= 11 is 0. The Labute approximate surface area is 145 Å². The maximum absolute atomic E-state index is 13.3. The van der Waals surface area contributed by atoms with Gasteiger partial charge >= 0.3 is 5.97 Å². The summed E-state index contributed by atoms with van der Waals surface area (Å²) in [6.07, 6.45) is -1.04. The Morgan fingerprint density at radius 3 is 2.52 bits per heavy atom. The number of hydrogen-bond acceptors (Lipinski definition) is 5. The number of aryl methyl sites for hydroxylation is 1. The molecule has 25 heavy (non-hydrogen) atoms. The van der Waals surface area contributed by atoms with E-state index in [1.807, 2.05) is 19.1 Å². The van der Waals surface area contributed by atoms with Gasteiger partial charge in [0.05, 0.1) is 7.11 Å². The summed E-state index contributed by atoms with van der Waals surface area (Å²) in [4.78, 5) is 25.7. The second kappa shape index (κ2) is 5.17. The van der Waals surface area contributed by atoms with Gasteiger partial charge < -0.3 is 14.6 Å². The van der Waals surface area contributed by atoms with E-state index in [1.54, 1.807) is 36.4 Å².